The van der Waals surface area contributed by atoms with E-state index >= 15 is 0 Å². The molecule has 0 N–H and O–H groups in total. The minimum Gasteiger partial charge on any atom is -0.288 e. The van der Waals surface area contributed by atoms with Crippen LogP contribution >= 0.6 is 0 Å². The fourth-order valence-electron chi connectivity index (χ4n) is 3.10. The summed E-state index contributed by atoms with van der Waals surface area (Å²) in [6.45, 7) is 4.71. The zero-order valence-electron chi connectivity index (χ0n) is 12.0. The van der Waals surface area contributed by atoms with E-state index in [1.165, 1.54) is 51.4 Å². The summed E-state index contributed by atoms with van der Waals surface area (Å²) in [5.74, 6) is 1.82. The molecule has 2 saturated carbocycles. The minimum atomic E-state index is 0.569. The van der Waals surface area contributed by atoms with Crippen LogP contribution in [0.3, 0.4) is 0 Å². The van der Waals surface area contributed by atoms with Crippen LogP contribution in [0.25, 0.3) is 0 Å². The molecule has 0 heterocycles. The van der Waals surface area contributed by atoms with Crippen molar-refractivity contribution in [3.8, 4) is 0 Å². The molecule has 2 aliphatic carbocycles. The fourth-order valence-corrected chi connectivity index (χ4v) is 3.10. The molecule has 0 aliphatic heterocycles. The summed E-state index contributed by atoms with van der Waals surface area (Å²) in [7, 11) is 0. The quantitative estimate of drug-likeness (QED) is 0.666. The molecule has 2 rings (SSSR count). The van der Waals surface area contributed by atoms with Gasteiger partial charge in [0.1, 0.15) is 0 Å². The molecular formula is C16H28N2. The summed E-state index contributed by atoms with van der Waals surface area (Å²) in [6, 6.07) is 1.14. The van der Waals surface area contributed by atoms with Crippen LogP contribution in [-0.2, 0) is 0 Å². The minimum absolute atomic E-state index is 0.569. The van der Waals surface area contributed by atoms with Crippen LogP contribution in [0.5, 0.6) is 0 Å². The topological polar surface area (TPSA) is 24.7 Å². The Morgan fingerprint density at radius 3 is 1.28 bits per heavy atom. The van der Waals surface area contributed by atoms with E-state index in [4.69, 9.17) is 0 Å². The Morgan fingerprint density at radius 1 is 0.611 bits per heavy atom. The lowest BCUT2D eigenvalue weighted by Crippen LogP contribution is -2.16. The third-order valence-electron chi connectivity index (χ3n) is 4.63. The standard InChI is InChI=1S/C16H28N2/c1-13-3-7-15(8-4-13)17-11-12-18-16-9-5-14(2)6-10-16/h11-16H,3-10H2,1-2H3. The summed E-state index contributed by atoms with van der Waals surface area (Å²) in [5.41, 5.74) is 0. The van der Waals surface area contributed by atoms with Gasteiger partial charge in [0.05, 0.1) is 12.1 Å². The molecule has 0 aromatic heterocycles. The first-order valence-electron chi connectivity index (χ1n) is 7.79. The molecule has 18 heavy (non-hydrogen) atoms. The van der Waals surface area contributed by atoms with Crippen molar-refractivity contribution in [1.82, 2.24) is 0 Å². The second-order valence-corrected chi connectivity index (χ2v) is 6.42. The van der Waals surface area contributed by atoms with E-state index in [1.807, 2.05) is 12.4 Å². The van der Waals surface area contributed by atoms with Crippen molar-refractivity contribution in [2.45, 2.75) is 77.3 Å². The smallest absolute Gasteiger partial charge is 0.0500 e. The summed E-state index contributed by atoms with van der Waals surface area (Å²) in [4.78, 5) is 9.29. The van der Waals surface area contributed by atoms with Gasteiger partial charge in [-0.3, -0.25) is 9.98 Å². The van der Waals surface area contributed by atoms with Gasteiger partial charge in [0, 0.05) is 12.4 Å². The molecule has 0 amide bonds. The van der Waals surface area contributed by atoms with Crippen LogP contribution in [-0.4, -0.2) is 24.5 Å². The zero-order valence-corrected chi connectivity index (χ0v) is 12.0. The monoisotopic (exact) mass is 248 g/mol. The van der Waals surface area contributed by atoms with E-state index in [0.29, 0.717) is 12.1 Å². The molecule has 102 valence electrons. The van der Waals surface area contributed by atoms with Gasteiger partial charge in [-0.1, -0.05) is 13.8 Å². The highest BCUT2D eigenvalue weighted by Gasteiger charge is 2.17. The van der Waals surface area contributed by atoms with Crippen LogP contribution in [0, 0.1) is 11.8 Å². The normalized spacial score (nSPS) is 38.6. The first-order chi connectivity index (χ1) is 8.74. The highest BCUT2D eigenvalue weighted by atomic mass is 14.8. The first-order valence-corrected chi connectivity index (χ1v) is 7.79. The van der Waals surface area contributed by atoms with Crippen molar-refractivity contribution in [3.63, 3.8) is 0 Å². The largest absolute Gasteiger partial charge is 0.288 e. The van der Waals surface area contributed by atoms with Crippen molar-refractivity contribution < 1.29 is 0 Å². The summed E-state index contributed by atoms with van der Waals surface area (Å²) >= 11 is 0. The van der Waals surface area contributed by atoms with E-state index in [1.54, 1.807) is 0 Å². The van der Waals surface area contributed by atoms with E-state index in [9.17, 15) is 0 Å². The van der Waals surface area contributed by atoms with Crippen molar-refractivity contribution in [2.24, 2.45) is 21.8 Å². The van der Waals surface area contributed by atoms with Crippen molar-refractivity contribution >= 4 is 12.4 Å². The first kappa shape index (κ1) is 13.8. The molecule has 0 spiro atoms. The van der Waals surface area contributed by atoms with E-state index in [0.717, 1.165) is 11.8 Å². The Morgan fingerprint density at radius 2 is 0.944 bits per heavy atom. The number of aliphatic imine (C=N–C) groups is 2. The van der Waals surface area contributed by atoms with Crippen LogP contribution in [0.2, 0.25) is 0 Å². The molecule has 0 radical (unpaired) electrons. The van der Waals surface area contributed by atoms with Gasteiger partial charge in [0.15, 0.2) is 0 Å². The summed E-state index contributed by atoms with van der Waals surface area (Å²) in [6.07, 6.45) is 14.4. The number of rotatable bonds is 3. The van der Waals surface area contributed by atoms with Crippen LogP contribution in [0.15, 0.2) is 9.98 Å². The highest BCUT2D eigenvalue weighted by molar-refractivity contribution is 6.16. The molecule has 2 heteroatoms. The average Bonchev–Trinajstić information content (AvgIpc) is 2.39. The predicted octanol–water partition coefficient (Wildman–Crippen LogP) is 4.29. The molecule has 2 nitrogen and oxygen atoms in total. The number of hydrogen-bond donors (Lipinski definition) is 0. The molecule has 2 aliphatic rings. The van der Waals surface area contributed by atoms with Gasteiger partial charge in [-0.25, -0.2) is 0 Å². The van der Waals surface area contributed by atoms with Crippen LogP contribution < -0.4 is 0 Å². The zero-order chi connectivity index (χ0) is 12.8. The maximum Gasteiger partial charge on any atom is 0.0500 e. The second-order valence-electron chi connectivity index (χ2n) is 6.42. The summed E-state index contributed by atoms with van der Waals surface area (Å²) < 4.78 is 0. The van der Waals surface area contributed by atoms with Gasteiger partial charge >= 0.3 is 0 Å². The van der Waals surface area contributed by atoms with E-state index in [2.05, 4.69) is 23.8 Å². The maximum atomic E-state index is 4.64. The van der Waals surface area contributed by atoms with Crippen molar-refractivity contribution in [3.05, 3.63) is 0 Å². The number of nitrogens with zero attached hydrogens (tertiary/aromatic N) is 2. The Bertz CT molecular complexity index is 249. The Balaban J connectivity index is 1.67. The lowest BCUT2D eigenvalue weighted by molar-refractivity contribution is 0.349. The predicted molar refractivity (Wildman–Crippen MR) is 79.8 cm³/mol. The Labute approximate surface area is 112 Å². The molecule has 2 fully saturated rings. The van der Waals surface area contributed by atoms with Crippen molar-refractivity contribution in [1.29, 1.82) is 0 Å². The third-order valence-corrected chi connectivity index (χ3v) is 4.63. The fraction of sp³-hybridized carbons (Fsp3) is 0.875. The molecule has 0 bridgehead atoms. The lowest BCUT2D eigenvalue weighted by Gasteiger charge is -2.23. The molecule has 0 aromatic rings. The third kappa shape index (κ3) is 4.55. The summed E-state index contributed by atoms with van der Waals surface area (Å²) in [5, 5.41) is 0. The molecule has 0 aromatic carbocycles. The van der Waals surface area contributed by atoms with Gasteiger partial charge < -0.3 is 0 Å². The second kappa shape index (κ2) is 7.06. The Hall–Kier alpha value is -0.660. The van der Waals surface area contributed by atoms with Gasteiger partial charge in [-0.2, -0.15) is 0 Å². The van der Waals surface area contributed by atoms with Crippen molar-refractivity contribution in [2.75, 3.05) is 0 Å². The molecule has 0 saturated heterocycles. The van der Waals surface area contributed by atoms with Crippen LogP contribution in [0.4, 0.5) is 0 Å². The highest BCUT2D eigenvalue weighted by Crippen LogP contribution is 2.26. The maximum absolute atomic E-state index is 4.64. The van der Waals surface area contributed by atoms with Gasteiger partial charge in [-0.15, -0.1) is 0 Å². The van der Waals surface area contributed by atoms with Gasteiger partial charge in [-0.05, 0) is 63.2 Å². The molecular weight excluding hydrogens is 220 g/mol. The SMILES string of the molecule is CC1CCC(N=CC=NC2CCC(C)CC2)CC1. The molecule has 0 atom stereocenters. The van der Waals surface area contributed by atoms with Gasteiger partial charge in [0.2, 0.25) is 0 Å². The molecule has 0 unspecified atom stereocenters. The van der Waals surface area contributed by atoms with Crippen LogP contribution in [0.1, 0.15) is 65.2 Å². The number of hydrogen-bond acceptors (Lipinski definition) is 2. The Kier molecular flexibility index (Phi) is 5.40. The van der Waals surface area contributed by atoms with E-state index < -0.39 is 0 Å². The van der Waals surface area contributed by atoms with Gasteiger partial charge in [0.25, 0.3) is 0 Å². The average molecular weight is 248 g/mol. The van der Waals surface area contributed by atoms with E-state index in [-0.39, 0.29) is 0 Å². The lowest BCUT2D eigenvalue weighted by atomic mass is 9.88.